The van der Waals surface area contributed by atoms with E-state index in [0.717, 1.165) is 5.56 Å². The molecule has 0 aliphatic rings. The number of methoxy groups -OCH3 is 5. The molecule has 0 aliphatic heterocycles. The van der Waals surface area contributed by atoms with Crippen molar-refractivity contribution in [2.75, 3.05) is 35.5 Å². The van der Waals surface area contributed by atoms with Crippen LogP contribution in [0.1, 0.15) is 0 Å². The number of hydrogen-bond donors (Lipinski definition) is 0. The predicted octanol–water partition coefficient (Wildman–Crippen LogP) is 3.25. The molecule has 3 aromatic rings. The first-order chi connectivity index (χ1) is 13.7. The van der Waals surface area contributed by atoms with Gasteiger partial charge in [-0.2, -0.15) is 0 Å². The Balaban J connectivity index is 2.00. The molecule has 0 spiro atoms. The third-order valence-corrected chi connectivity index (χ3v) is 4.19. The minimum Gasteiger partial charge on any atom is -0.493 e. The van der Waals surface area contributed by atoms with Gasteiger partial charge in [0.15, 0.2) is 28.8 Å². The monoisotopic (exact) mass is 383 g/mol. The van der Waals surface area contributed by atoms with Gasteiger partial charge < -0.3 is 23.7 Å². The first kappa shape index (κ1) is 19.2. The van der Waals surface area contributed by atoms with E-state index in [0.29, 0.717) is 45.8 Å². The number of nitrogens with zero attached hydrogens (tertiary/aromatic N) is 3. The van der Waals surface area contributed by atoms with Gasteiger partial charge in [0.05, 0.1) is 47.3 Å². The summed E-state index contributed by atoms with van der Waals surface area (Å²) >= 11 is 0. The maximum absolute atomic E-state index is 5.49. The van der Waals surface area contributed by atoms with Gasteiger partial charge in [-0.15, -0.1) is 10.2 Å². The average Bonchev–Trinajstić information content (AvgIpc) is 2.77. The SMILES string of the molecule is COc1ccc(-c2cnc(-c3ccc(OC)c(OC)c3OC)nn2)cc1OC. The highest BCUT2D eigenvalue weighted by atomic mass is 16.5. The molecule has 3 rings (SSSR count). The van der Waals surface area contributed by atoms with Gasteiger partial charge in [-0.05, 0) is 30.3 Å². The van der Waals surface area contributed by atoms with Gasteiger partial charge in [0.1, 0.15) is 5.69 Å². The number of hydrogen-bond acceptors (Lipinski definition) is 8. The Morgan fingerprint density at radius 2 is 1.32 bits per heavy atom. The lowest BCUT2D eigenvalue weighted by molar-refractivity contribution is 0.325. The van der Waals surface area contributed by atoms with E-state index in [4.69, 9.17) is 23.7 Å². The van der Waals surface area contributed by atoms with E-state index in [1.54, 1.807) is 59.9 Å². The van der Waals surface area contributed by atoms with Crippen LogP contribution in [-0.2, 0) is 0 Å². The maximum Gasteiger partial charge on any atom is 0.204 e. The molecule has 0 unspecified atom stereocenters. The number of aromatic nitrogens is 3. The van der Waals surface area contributed by atoms with Gasteiger partial charge in [-0.1, -0.05) is 0 Å². The topological polar surface area (TPSA) is 84.8 Å². The largest absolute Gasteiger partial charge is 0.493 e. The summed E-state index contributed by atoms with van der Waals surface area (Å²) < 4.78 is 26.8. The molecule has 28 heavy (non-hydrogen) atoms. The Morgan fingerprint density at radius 3 is 1.89 bits per heavy atom. The van der Waals surface area contributed by atoms with Crippen LogP contribution in [0.25, 0.3) is 22.6 Å². The van der Waals surface area contributed by atoms with Crippen LogP contribution in [0.15, 0.2) is 36.5 Å². The summed E-state index contributed by atoms with van der Waals surface area (Å²) in [7, 11) is 7.82. The van der Waals surface area contributed by atoms with Gasteiger partial charge in [0.2, 0.25) is 5.75 Å². The van der Waals surface area contributed by atoms with E-state index in [9.17, 15) is 0 Å². The molecular formula is C20H21N3O5. The molecule has 0 aliphatic carbocycles. The standard InChI is InChI=1S/C20H21N3O5/c1-24-15-8-6-12(10-17(15)26-3)14-11-21-20(23-22-14)13-7-9-16(25-2)19(28-5)18(13)27-4/h6-11H,1-5H3. The number of ether oxygens (including phenoxy) is 5. The van der Waals surface area contributed by atoms with Gasteiger partial charge in [0, 0.05) is 5.56 Å². The Bertz CT molecular complexity index is 961. The van der Waals surface area contributed by atoms with Crippen LogP contribution in [0.5, 0.6) is 28.7 Å². The van der Waals surface area contributed by atoms with Crippen molar-refractivity contribution in [1.29, 1.82) is 0 Å². The zero-order valence-corrected chi connectivity index (χ0v) is 16.3. The Labute approximate surface area is 163 Å². The van der Waals surface area contributed by atoms with Gasteiger partial charge >= 0.3 is 0 Å². The average molecular weight is 383 g/mol. The van der Waals surface area contributed by atoms with Crippen molar-refractivity contribution in [3.05, 3.63) is 36.5 Å². The fourth-order valence-corrected chi connectivity index (χ4v) is 2.80. The molecular weight excluding hydrogens is 362 g/mol. The molecule has 8 nitrogen and oxygen atoms in total. The van der Waals surface area contributed by atoms with Crippen molar-refractivity contribution in [3.8, 4) is 51.4 Å². The van der Waals surface area contributed by atoms with E-state index < -0.39 is 0 Å². The van der Waals surface area contributed by atoms with E-state index in [-0.39, 0.29) is 0 Å². The molecule has 0 fully saturated rings. The molecule has 0 radical (unpaired) electrons. The molecule has 1 aromatic heterocycles. The van der Waals surface area contributed by atoms with Gasteiger partial charge in [-0.3, -0.25) is 0 Å². The third kappa shape index (κ3) is 3.48. The quantitative estimate of drug-likeness (QED) is 0.615. The molecule has 2 aromatic carbocycles. The summed E-state index contributed by atoms with van der Waals surface area (Å²) in [4.78, 5) is 4.44. The predicted molar refractivity (Wildman–Crippen MR) is 103 cm³/mol. The summed E-state index contributed by atoms with van der Waals surface area (Å²) in [5.41, 5.74) is 2.05. The minimum absolute atomic E-state index is 0.405. The highest BCUT2D eigenvalue weighted by Gasteiger charge is 2.19. The molecule has 1 heterocycles. The lowest BCUT2D eigenvalue weighted by Gasteiger charge is -2.14. The summed E-state index contributed by atoms with van der Waals surface area (Å²) in [5.74, 6) is 3.14. The summed E-state index contributed by atoms with van der Waals surface area (Å²) in [6.45, 7) is 0. The van der Waals surface area contributed by atoms with Gasteiger partial charge in [-0.25, -0.2) is 4.98 Å². The summed E-state index contributed by atoms with van der Waals surface area (Å²) in [5, 5.41) is 8.55. The molecule has 0 amide bonds. The normalized spacial score (nSPS) is 10.3. The van der Waals surface area contributed by atoms with Crippen LogP contribution in [-0.4, -0.2) is 50.7 Å². The Kier molecular flexibility index (Phi) is 5.78. The molecule has 0 bridgehead atoms. The third-order valence-electron chi connectivity index (χ3n) is 4.19. The lowest BCUT2D eigenvalue weighted by Crippen LogP contribution is -2.00. The highest BCUT2D eigenvalue weighted by Crippen LogP contribution is 2.43. The smallest absolute Gasteiger partial charge is 0.204 e. The summed E-state index contributed by atoms with van der Waals surface area (Å²) in [6.07, 6.45) is 1.64. The van der Waals surface area contributed by atoms with E-state index in [2.05, 4.69) is 15.2 Å². The second kappa shape index (κ2) is 8.43. The van der Waals surface area contributed by atoms with Crippen molar-refractivity contribution in [2.24, 2.45) is 0 Å². The second-order valence-electron chi connectivity index (χ2n) is 5.62. The lowest BCUT2D eigenvalue weighted by atomic mass is 10.1. The van der Waals surface area contributed by atoms with Crippen LogP contribution < -0.4 is 23.7 Å². The zero-order chi connectivity index (χ0) is 20.1. The van der Waals surface area contributed by atoms with E-state index in [1.165, 1.54) is 0 Å². The van der Waals surface area contributed by atoms with Crippen LogP contribution >= 0.6 is 0 Å². The van der Waals surface area contributed by atoms with Crippen molar-refractivity contribution >= 4 is 0 Å². The van der Waals surface area contributed by atoms with Crippen molar-refractivity contribution in [1.82, 2.24) is 15.2 Å². The second-order valence-corrected chi connectivity index (χ2v) is 5.62. The Morgan fingerprint density at radius 1 is 0.643 bits per heavy atom. The molecule has 0 saturated carbocycles. The highest BCUT2D eigenvalue weighted by molar-refractivity contribution is 5.72. The van der Waals surface area contributed by atoms with E-state index in [1.807, 2.05) is 12.1 Å². The Hall–Kier alpha value is -3.55. The summed E-state index contributed by atoms with van der Waals surface area (Å²) in [6, 6.07) is 9.06. The van der Waals surface area contributed by atoms with Gasteiger partial charge in [0.25, 0.3) is 0 Å². The van der Waals surface area contributed by atoms with Crippen LogP contribution in [0.4, 0.5) is 0 Å². The number of benzene rings is 2. The fraction of sp³-hybridized carbons (Fsp3) is 0.250. The van der Waals surface area contributed by atoms with Crippen molar-refractivity contribution < 1.29 is 23.7 Å². The molecule has 0 saturated heterocycles. The molecule has 146 valence electrons. The van der Waals surface area contributed by atoms with E-state index >= 15 is 0 Å². The number of rotatable bonds is 7. The van der Waals surface area contributed by atoms with Crippen molar-refractivity contribution in [2.45, 2.75) is 0 Å². The van der Waals surface area contributed by atoms with Crippen LogP contribution in [0.2, 0.25) is 0 Å². The first-order valence-electron chi connectivity index (χ1n) is 8.38. The molecule has 0 N–H and O–H groups in total. The first-order valence-corrected chi connectivity index (χ1v) is 8.38. The van der Waals surface area contributed by atoms with Crippen LogP contribution in [0, 0.1) is 0 Å². The molecule has 0 atom stereocenters. The zero-order valence-electron chi connectivity index (χ0n) is 16.3. The maximum atomic E-state index is 5.49. The molecule has 8 heteroatoms. The van der Waals surface area contributed by atoms with Crippen LogP contribution in [0.3, 0.4) is 0 Å². The van der Waals surface area contributed by atoms with Crippen molar-refractivity contribution in [3.63, 3.8) is 0 Å². The fourth-order valence-electron chi connectivity index (χ4n) is 2.80. The minimum atomic E-state index is 0.405.